The molecule has 1 atom stereocenters. The van der Waals surface area contributed by atoms with Crippen molar-refractivity contribution in [2.45, 2.75) is 26.3 Å². The third-order valence-electron chi connectivity index (χ3n) is 3.39. The van der Waals surface area contributed by atoms with Crippen molar-refractivity contribution in [2.75, 3.05) is 5.32 Å². The van der Waals surface area contributed by atoms with Crippen molar-refractivity contribution < 1.29 is 13.5 Å². The van der Waals surface area contributed by atoms with Crippen LogP contribution in [0.1, 0.15) is 20.3 Å². The summed E-state index contributed by atoms with van der Waals surface area (Å²) in [5, 5.41) is 10.9. The van der Waals surface area contributed by atoms with Crippen LogP contribution in [0.4, 0.5) is 14.6 Å². The molecule has 0 bridgehead atoms. The van der Waals surface area contributed by atoms with Gasteiger partial charge < -0.3 is 10.1 Å². The van der Waals surface area contributed by atoms with E-state index in [0.717, 1.165) is 18.6 Å². The van der Waals surface area contributed by atoms with Crippen molar-refractivity contribution in [1.82, 2.24) is 20.2 Å². The predicted molar refractivity (Wildman–Crippen MR) is 81.5 cm³/mol. The summed E-state index contributed by atoms with van der Waals surface area (Å²) in [5.74, 6) is -1.00. The van der Waals surface area contributed by atoms with Crippen LogP contribution in [0.3, 0.4) is 0 Å². The number of H-pyrrole nitrogens is 1. The Morgan fingerprint density at radius 3 is 2.91 bits per heavy atom. The highest BCUT2D eigenvalue weighted by Crippen LogP contribution is 2.25. The summed E-state index contributed by atoms with van der Waals surface area (Å²) < 4.78 is 31.7. The Hall–Kier alpha value is -2.77. The number of hydrogen-bond donors (Lipinski definition) is 2. The quantitative estimate of drug-likeness (QED) is 0.751. The largest absolute Gasteiger partial charge is 0.421 e. The molecule has 3 rings (SSSR count). The summed E-state index contributed by atoms with van der Waals surface area (Å²) >= 11 is 0. The van der Waals surface area contributed by atoms with Crippen molar-refractivity contribution in [1.29, 1.82) is 0 Å². The number of fused-ring (bicyclic) bond motifs is 1. The van der Waals surface area contributed by atoms with Crippen molar-refractivity contribution in [3.63, 3.8) is 0 Å². The average molecular weight is 319 g/mol. The minimum atomic E-state index is -0.822. The number of aromatic nitrogens is 4. The lowest BCUT2D eigenvalue weighted by molar-refractivity contribution is 0.409. The van der Waals surface area contributed by atoms with Crippen LogP contribution < -0.4 is 10.1 Å². The first-order chi connectivity index (χ1) is 11.1. The zero-order valence-corrected chi connectivity index (χ0v) is 12.6. The number of rotatable bonds is 5. The third-order valence-corrected chi connectivity index (χ3v) is 3.39. The normalized spacial score (nSPS) is 12.3. The highest BCUT2D eigenvalue weighted by molar-refractivity contribution is 5.86. The van der Waals surface area contributed by atoms with Gasteiger partial charge >= 0.3 is 6.01 Å². The fourth-order valence-corrected chi connectivity index (χ4v) is 1.94. The highest BCUT2D eigenvalue weighted by atomic mass is 19.1. The van der Waals surface area contributed by atoms with Crippen LogP contribution in [0.15, 0.2) is 24.4 Å². The molecule has 0 fully saturated rings. The molecule has 6 nitrogen and oxygen atoms in total. The summed E-state index contributed by atoms with van der Waals surface area (Å²) in [6.07, 6.45) is 2.48. The van der Waals surface area contributed by atoms with E-state index in [2.05, 4.69) is 32.4 Å². The lowest BCUT2D eigenvalue weighted by atomic mass is 10.2. The second-order valence-electron chi connectivity index (χ2n) is 5.12. The number of ether oxygens (including phenoxy) is 1. The summed E-state index contributed by atoms with van der Waals surface area (Å²) in [6.45, 7) is 4.10. The maximum atomic E-state index is 13.6. The van der Waals surface area contributed by atoms with Crippen molar-refractivity contribution in [3.05, 3.63) is 36.0 Å². The Balaban J connectivity index is 1.86. The number of hydrogen-bond acceptors (Lipinski definition) is 5. The maximum Gasteiger partial charge on any atom is 0.324 e. The first kappa shape index (κ1) is 15.1. The van der Waals surface area contributed by atoms with Gasteiger partial charge in [0, 0.05) is 18.3 Å². The van der Waals surface area contributed by atoms with Gasteiger partial charge in [-0.15, -0.1) is 0 Å². The van der Waals surface area contributed by atoms with Gasteiger partial charge in [0.1, 0.15) is 5.82 Å². The molecule has 2 heterocycles. The molecule has 0 saturated carbocycles. The van der Waals surface area contributed by atoms with E-state index in [1.807, 2.05) is 6.92 Å². The number of anilines is 1. The first-order valence-corrected chi connectivity index (χ1v) is 7.17. The van der Waals surface area contributed by atoms with Gasteiger partial charge in [-0.3, -0.25) is 5.10 Å². The molecule has 0 aliphatic carbocycles. The lowest BCUT2D eigenvalue weighted by Crippen LogP contribution is -2.13. The fraction of sp³-hybridized carbons (Fsp3) is 0.267. The van der Waals surface area contributed by atoms with Gasteiger partial charge in [0.15, 0.2) is 23.0 Å². The van der Waals surface area contributed by atoms with E-state index in [1.165, 1.54) is 12.3 Å². The van der Waals surface area contributed by atoms with E-state index in [0.29, 0.717) is 16.9 Å². The molecule has 0 spiro atoms. The number of nitrogens with zero attached hydrogens (tertiary/aromatic N) is 3. The Bertz CT molecular complexity index is 836. The second kappa shape index (κ2) is 6.15. The van der Waals surface area contributed by atoms with Crippen LogP contribution >= 0.6 is 0 Å². The SMILES string of the molecule is CCC(C)Nc1n[nH]c2nc(Oc3ccc(F)cc3F)ncc12. The van der Waals surface area contributed by atoms with E-state index in [9.17, 15) is 8.78 Å². The van der Waals surface area contributed by atoms with Crippen LogP contribution in [0.5, 0.6) is 11.8 Å². The predicted octanol–water partition coefficient (Wildman–Crippen LogP) is 3.63. The number of aromatic amines is 1. The smallest absolute Gasteiger partial charge is 0.324 e. The summed E-state index contributed by atoms with van der Waals surface area (Å²) in [4.78, 5) is 8.17. The van der Waals surface area contributed by atoms with Gasteiger partial charge in [0.2, 0.25) is 0 Å². The summed E-state index contributed by atoms with van der Waals surface area (Å²) in [6, 6.07) is 3.22. The van der Waals surface area contributed by atoms with E-state index in [-0.39, 0.29) is 17.8 Å². The van der Waals surface area contributed by atoms with Crippen LogP contribution in [-0.2, 0) is 0 Å². The van der Waals surface area contributed by atoms with Gasteiger partial charge in [-0.05, 0) is 25.5 Å². The van der Waals surface area contributed by atoms with E-state index >= 15 is 0 Å². The molecule has 3 aromatic rings. The lowest BCUT2D eigenvalue weighted by Gasteiger charge is -2.09. The molecule has 0 amide bonds. The van der Waals surface area contributed by atoms with E-state index in [1.54, 1.807) is 0 Å². The standard InChI is InChI=1S/C15H15F2N5O/c1-3-8(2)19-13-10-7-18-15(20-14(10)22-21-13)23-12-5-4-9(16)6-11(12)17/h4-8H,3H2,1-2H3,(H2,18,19,20,21,22). The van der Waals surface area contributed by atoms with Gasteiger partial charge in [-0.1, -0.05) is 6.92 Å². The number of nitrogens with one attached hydrogen (secondary N) is 2. The number of benzene rings is 1. The molecular formula is C15H15F2N5O. The Morgan fingerprint density at radius 1 is 1.35 bits per heavy atom. The highest BCUT2D eigenvalue weighted by Gasteiger charge is 2.13. The van der Waals surface area contributed by atoms with E-state index < -0.39 is 11.6 Å². The van der Waals surface area contributed by atoms with Gasteiger partial charge in [-0.2, -0.15) is 10.1 Å². The van der Waals surface area contributed by atoms with Gasteiger partial charge in [-0.25, -0.2) is 13.8 Å². The molecular weight excluding hydrogens is 304 g/mol. The van der Waals surface area contributed by atoms with Crippen LogP contribution in [0.2, 0.25) is 0 Å². The Labute approximate surface area is 130 Å². The van der Waals surface area contributed by atoms with Crippen LogP contribution in [-0.4, -0.2) is 26.2 Å². The van der Waals surface area contributed by atoms with Gasteiger partial charge in [0.05, 0.1) is 5.39 Å². The Morgan fingerprint density at radius 2 is 2.17 bits per heavy atom. The topological polar surface area (TPSA) is 75.7 Å². The molecule has 23 heavy (non-hydrogen) atoms. The second-order valence-corrected chi connectivity index (χ2v) is 5.12. The molecule has 0 radical (unpaired) electrons. The van der Waals surface area contributed by atoms with Gasteiger partial charge in [0.25, 0.3) is 0 Å². The van der Waals surface area contributed by atoms with E-state index in [4.69, 9.17) is 4.74 Å². The zero-order valence-electron chi connectivity index (χ0n) is 12.6. The average Bonchev–Trinajstić information content (AvgIpc) is 2.92. The first-order valence-electron chi connectivity index (χ1n) is 7.17. The Kier molecular flexibility index (Phi) is 4.05. The molecule has 8 heteroatoms. The van der Waals surface area contributed by atoms with Crippen molar-refractivity contribution in [2.24, 2.45) is 0 Å². The zero-order chi connectivity index (χ0) is 16.4. The van der Waals surface area contributed by atoms with Crippen molar-refractivity contribution in [3.8, 4) is 11.8 Å². The maximum absolute atomic E-state index is 13.6. The minimum absolute atomic E-state index is 0.0539. The monoisotopic (exact) mass is 319 g/mol. The summed E-state index contributed by atoms with van der Waals surface area (Å²) in [5.41, 5.74) is 0.461. The summed E-state index contributed by atoms with van der Waals surface area (Å²) in [7, 11) is 0. The molecule has 2 aromatic heterocycles. The van der Waals surface area contributed by atoms with Crippen LogP contribution in [0, 0.1) is 11.6 Å². The molecule has 1 aromatic carbocycles. The molecule has 0 aliphatic rings. The molecule has 0 saturated heterocycles. The number of halogens is 2. The minimum Gasteiger partial charge on any atom is -0.421 e. The molecule has 1 unspecified atom stereocenters. The molecule has 0 aliphatic heterocycles. The molecule has 120 valence electrons. The molecule has 2 N–H and O–H groups in total. The van der Waals surface area contributed by atoms with Crippen LogP contribution in [0.25, 0.3) is 11.0 Å². The third kappa shape index (κ3) is 3.20. The van der Waals surface area contributed by atoms with Crippen molar-refractivity contribution >= 4 is 16.9 Å². The fourth-order valence-electron chi connectivity index (χ4n) is 1.94.